The number of aryl methyl sites for hydroxylation is 1. The molecule has 0 radical (unpaired) electrons. The highest BCUT2D eigenvalue weighted by molar-refractivity contribution is 5.46. The first kappa shape index (κ1) is 11.2. The van der Waals surface area contributed by atoms with Gasteiger partial charge in [-0.2, -0.15) is 0 Å². The molecule has 2 heterocycles. The third-order valence-electron chi connectivity index (χ3n) is 3.19. The summed E-state index contributed by atoms with van der Waals surface area (Å²) >= 11 is 0. The average Bonchev–Trinajstić information content (AvgIpc) is 2.39. The summed E-state index contributed by atoms with van der Waals surface area (Å²) in [6.45, 7) is 3.45. The molecule has 0 saturated carbocycles. The third-order valence-corrected chi connectivity index (χ3v) is 3.19. The number of pyridine rings is 1. The van der Waals surface area contributed by atoms with Gasteiger partial charge in [0.1, 0.15) is 0 Å². The maximum absolute atomic E-state index is 5.63. The van der Waals surface area contributed by atoms with Crippen molar-refractivity contribution < 1.29 is 4.74 Å². The van der Waals surface area contributed by atoms with Gasteiger partial charge in [0.05, 0.1) is 24.9 Å². The van der Waals surface area contributed by atoms with Gasteiger partial charge in [-0.05, 0) is 29.7 Å². The van der Waals surface area contributed by atoms with Crippen LogP contribution < -0.4 is 5.32 Å². The monoisotopic (exact) mass is 240 g/mol. The molecule has 1 N–H and O–H groups in total. The Morgan fingerprint density at radius 3 is 3.06 bits per heavy atom. The van der Waals surface area contributed by atoms with E-state index < -0.39 is 0 Å². The van der Waals surface area contributed by atoms with Gasteiger partial charge in [-0.1, -0.05) is 24.3 Å². The van der Waals surface area contributed by atoms with Crippen molar-refractivity contribution in [2.45, 2.75) is 19.6 Å². The number of fused-ring (bicyclic) bond motifs is 1. The van der Waals surface area contributed by atoms with E-state index in [1.54, 1.807) is 0 Å². The molecule has 1 aromatic carbocycles. The Balaban J connectivity index is 1.86. The maximum Gasteiger partial charge on any atom is 0.0751 e. The van der Waals surface area contributed by atoms with Crippen molar-refractivity contribution in [3.8, 4) is 0 Å². The van der Waals surface area contributed by atoms with E-state index >= 15 is 0 Å². The quantitative estimate of drug-likeness (QED) is 0.876. The van der Waals surface area contributed by atoms with Crippen molar-refractivity contribution in [2.24, 2.45) is 0 Å². The molecule has 3 nitrogen and oxygen atoms in total. The minimum absolute atomic E-state index is 0.207. The third kappa shape index (κ3) is 2.22. The molecule has 0 fully saturated rings. The number of nitrogens with one attached hydrogen (secondary N) is 1. The Morgan fingerprint density at radius 1 is 1.28 bits per heavy atom. The molecule has 1 aromatic heterocycles. The second-order valence-electron chi connectivity index (χ2n) is 4.66. The lowest BCUT2D eigenvalue weighted by Crippen LogP contribution is -2.23. The Bertz CT molecular complexity index is 554. The number of nitrogens with zero attached hydrogens (tertiary/aromatic N) is 1. The Kier molecular flexibility index (Phi) is 2.99. The normalized spacial score (nSPS) is 18.2. The van der Waals surface area contributed by atoms with Gasteiger partial charge >= 0.3 is 0 Å². The summed E-state index contributed by atoms with van der Waals surface area (Å²) < 4.78 is 5.63. The van der Waals surface area contributed by atoms with E-state index in [4.69, 9.17) is 4.74 Å². The van der Waals surface area contributed by atoms with E-state index in [1.807, 2.05) is 19.3 Å². The number of anilines is 1. The predicted octanol–water partition coefficient (Wildman–Crippen LogP) is 3.07. The molecular weight excluding hydrogens is 224 g/mol. The first-order chi connectivity index (χ1) is 8.83. The second-order valence-corrected chi connectivity index (χ2v) is 4.66. The molecule has 1 atom stereocenters. The average molecular weight is 240 g/mol. The fourth-order valence-corrected chi connectivity index (χ4v) is 2.34. The summed E-state index contributed by atoms with van der Waals surface area (Å²) in [5, 5.41) is 3.49. The van der Waals surface area contributed by atoms with Gasteiger partial charge in [0.2, 0.25) is 0 Å². The topological polar surface area (TPSA) is 34.2 Å². The van der Waals surface area contributed by atoms with Crippen LogP contribution in [0.2, 0.25) is 0 Å². The van der Waals surface area contributed by atoms with Crippen molar-refractivity contribution >= 4 is 5.69 Å². The largest absolute Gasteiger partial charge is 0.375 e. The lowest BCUT2D eigenvalue weighted by atomic mass is 9.99. The highest BCUT2D eigenvalue weighted by Crippen LogP contribution is 2.27. The molecular formula is C15H16N2O. The number of aromatic nitrogens is 1. The first-order valence-electron chi connectivity index (χ1n) is 6.16. The van der Waals surface area contributed by atoms with E-state index in [0.29, 0.717) is 13.2 Å². The summed E-state index contributed by atoms with van der Waals surface area (Å²) in [6, 6.07) is 10.7. The molecule has 1 unspecified atom stereocenters. The SMILES string of the molecule is Cc1cncc(NC2COCc3ccccc32)c1. The predicted molar refractivity (Wildman–Crippen MR) is 71.4 cm³/mol. The smallest absolute Gasteiger partial charge is 0.0751 e. The summed E-state index contributed by atoms with van der Waals surface area (Å²) in [5.74, 6) is 0. The van der Waals surface area contributed by atoms with Crippen LogP contribution in [0.5, 0.6) is 0 Å². The summed E-state index contributed by atoms with van der Waals surface area (Å²) in [4.78, 5) is 4.20. The molecule has 92 valence electrons. The first-order valence-corrected chi connectivity index (χ1v) is 6.16. The van der Waals surface area contributed by atoms with Crippen molar-refractivity contribution in [2.75, 3.05) is 11.9 Å². The van der Waals surface area contributed by atoms with Crippen molar-refractivity contribution in [3.63, 3.8) is 0 Å². The van der Waals surface area contributed by atoms with Crippen LogP contribution >= 0.6 is 0 Å². The summed E-state index contributed by atoms with van der Waals surface area (Å²) in [6.07, 6.45) is 3.71. The van der Waals surface area contributed by atoms with Gasteiger partial charge in [-0.15, -0.1) is 0 Å². The van der Waals surface area contributed by atoms with Crippen LogP contribution in [0.1, 0.15) is 22.7 Å². The molecule has 18 heavy (non-hydrogen) atoms. The molecule has 0 spiro atoms. The van der Waals surface area contributed by atoms with Crippen molar-refractivity contribution in [3.05, 3.63) is 59.4 Å². The van der Waals surface area contributed by atoms with Crippen molar-refractivity contribution in [1.82, 2.24) is 4.98 Å². The number of rotatable bonds is 2. The van der Waals surface area contributed by atoms with Crippen LogP contribution in [0, 0.1) is 6.92 Å². The highest BCUT2D eigenvalue weighted by Gasteiger charge is 2.19. The van der Waals surface area contributed by atoms with Gasteiger partial charge in [0.15, 0.2) is 0 Å². The van der Waals surface area contributed by atoms with Crippen LogP contribution in [0.3, 0.4) is 0 Å². The Morgan fingerprint density at radius 2 is 2.17 bits per heavy atom. The van der Waals surface area contributed by atoms with Gasteiger partial charge in [0, 0.05) is 12.4 Å². The molecule has 0 saturated heterocycles. The zero-order valence-corrected chi connectivity index (χ0v) is 10.4. The number of hydrogen-bond donors (Lipinski definition) is 1. The maximum atomic E-state index is 5.63. The standard InChI is InChI=1S/C15H16N2O/c1-11-6-13(8-16-7-11)17-15-10-18-9-12-4-2-3-5-14(12)15/h2-8,15,17H,9-10H2,1H3. The van der Waals surface area contributed by atoms with Crippen LogP contribution in [0.25, 0.3) is 0 Å². The number of benzene rings is 1. The zero-order chi connectivity index (χ0) is 12.4. The Labute approximate surface area is 107 Å². The van der Waals surface area contributed by atoms with E-state index in [0.717, 1.165) is 11.3 Å². The summed E-state index contributed by atoms with van der Waals surface area (Å²) in [5.41, 5.74) is 4.79. The minimum atomic E-state index is 0.207. The van der Waals surface area contributed by atoms with E-state index in [1.165, 1.54) is 11.1 Å². The van der Waals surface area contributed by atoms with E-state index in [2.05, 4.69) is 40.6 Å². The second kappa shape index (κ2) is 4.78. The van der Waals surface area contributed by atoms with E-state index in [-0.39, 0.29) is 6.04 Å². The fraction of sp³-hybridized carbons (Fsp3) is 0.267. The van der Waals surface area contributed by atoms with Crippen LogP contribution in [-0.2, 0) is 11.3 Å². The molecule has 2 aromatic rings. The number of ether oxygens (including phenoxy) is 1. The van der Waals surface area contributed by atoms with Gasteiger partial charge in [-0.25, -0.2) is 0 Å². The van der Waals surface area contributed by atoms with Gasteiger partial charge in [0.25, 0.3) is 0 Å². The highest BCUT2D eigenvalue weighted by atomic mass is 16.5. The molecule has 0 aliphatic carbocycles. The molecule has 1 aliphatic rings. The lowest BCUT2D eigenvalue weighted by molar-refractivity contribution is 0.0970. The summed E-state index contributed by atoms with van der Waals surface area (Å²) in [7, 11) is 0. The van der Waals surface area contributed by atoms with Crippen LogP contribution in [-0.4, -0.2) is 11.6 Å². The Hall–Kier alpha value is -1.87. The zero-order valence-electron chi connectivity index (χ0n) is 10.4. The van der Waals surface area contributed by atoms with E-state index in [9.17, 15) is 0 Å². The molecule has 0 amide bonds. The van der Waals surface area contributed by atoms with Gasteiger partial charge in [-0.3, -0.25) is 4.98 Å². The van der Waals surface area contributed by atoms with Crippen LogP contribution in [0.15, 0.2) is 42.7 Å². The lowest BCUT2D eigenvalue weighted by Gasteiger charge is -2.27. The molecule has 0 bridgehead atoms. The minimum Gasteiger partial charge on any atom is -0.375 e. The number of hydrogen-bond acceptors (Lipinski definition) is 3. The molecule has 3 heteroatoms. The van der Waals surface area contributed by atoms with Gasteiger partial charge < -0.3 is 10.1 Å². The van der Waals surface area contributed by atoms with Crippen molar-refractivity contribution in [1.29, 1.82) is 0 Å². The molecule has 3 rings (SSSR count). The fourth-order valence-electron chi connectivity index (χ4n) is 2.34. The van der Waals surface area contributed by atoms with Crippen LogP contribution in [0.4, 0.5) is 5.69 Å². The molecule has 1 aliphatic heterocycles.